The van der Waals surface area contributed by atoms with Crippen LogP contribution in [0.5, 0.6) is 0 Å². The van der Waals surface area contributed by atoms with Gasteiger partial charge in [-0.3, -0.25) is 4.79 Å². The Hall–Kier alpha value is -2.21. The molecule has 112 valence electrons. The van der Waals surface area contributed by atoms with Crippen LogP contribution in [0.15, 0.2) is 30.6 Å². The second-order valence-electron chi connectivity index (χ2n) is 5.04. The average molecular weight is 287 g/mol. The topological polar surface area (TPSA) is 63.1 Å². The molecule has 2 heterocycles. The Kier molecular flexibility index (Phi) is 4.70. The predicted molar refractivity (Wildman–Crippen MR) is 81.5 cm³/mol. The first-order chi connectivity index (χ1) is 10.0. The van der Waals surface area contributed by atoms with Crippen LogP contribution in [0.4, 0.5) is 0 Å². The number of hydrogen-bond acceptors (Lipinski definition) is 4. The molecule has 6 nitrogen and oxygen atoms in total. The second kappa shape index (κ2) is 6.49. The summed E-state index contributed by atoms with van der Waals surface area (Å²) in [5.74, 6) is 0.620. The Bertz CT molecular complexity index is 620. The second-order valence-corrected chi connectivity index (χ2v) is 5.04. The average Bonchev–Trinajstić information content (AvgIpc) is 2.96. The van der Waals surface area contributed by atoms with E-state index < -0.39 is 0 Å². The van der Waals surface area contributed by atoms with Crippen LogP contribution in [0.2, 0.25) is 0 Å². The molecular weight excluding hydrogens is 266 g/mol. The van der Waals surface area contributed by atoms with Gasteiger partial charge in [0.2, 0.25) is 0 Å². The molecule has 2 rings (SSSR count). The molecule has 2 aromatic rings. The molecule has 0 aromatic carbocycles. The highest BCUT2D eigenvalue weighted by Gasteiger charge is 2.16. The zero-order valence-electron chi connectivity index (χ0n) is 12.9. The van der Waals surface area contributed by atoms with E-state index in [4.69, 9.17) is 0 Å². The highest BCUT2D eigenvalue weighted by atomic mass is 16.2. The zero-order valence-corrected chi connectivity index (χ0v) is 12.9. The third-order valence-corrected chi connectivity index (χ3v) is 3.23. The van der Waals surface area contributed by atoms with Gasteiger partial charge in [-0.2, -0.15) is 5.10 Å². The van der Waals surface area contributed by atoms with Crippen LogP contribution in [0, 0.1) is 0 Å². The lowest BCUT2D eigenvalue weighted by Crippen LogP contribution is -2.23. The molecule has 0 radical (unpaired) electrons. The minimum absolute atomic E-state index is 0.119. The van der Waals surface area contributed by atoms with Crippen LogP contribution in [0.1, 0.15) is 35.9 Å². The Morgan fingerprint density at radius 2 is 2.19 bits per heavy atom. The van der Waals surface area contributed by atoms with Gasteiger partial charge in [0.15, 0.2) is 11.5 Å². The summed E-state index contributed by atoms with van der Waals surface area (Å²) in [6.45, 7) is 5.02. The van der Waals surface area contributed by atoms with Gasteiger partial charge < -0.3 is 10.2 Å². The van der Waals surface area contributed by atoms with E-state index >= 15 is 0 Å². The van der Waals surface area contributed by atoms with E-state index in [2.05, 4.69) is 29.2 Å². The van der Waals surface area contributed by atoms with Crippen molar-refractivity contribution < 1.29 is 4.79 Å². The molecule has 2 aromatic heterocycles. The number of aromatic nitrogens is 3. The molecule has 6 heteroatoms. The van der Waals surface area contributed by atoms with Crippen LogP contribution in [-0.2, 0) is 0 Å². The van der Waals surface area contributed by atoms with E-state index in [1.807, 2.05) is 12.1 Å². The fourth-order valence-corrected chi connectivity index (χ4v) is 2.14. The number of carbonyl (C=O) groups is 1. The normalized spacial score (nSPS) is 12.2. The van der Waals surface area contributed by atoms with Crippen molar-refractivity contribution in [3.8, 4) is 5.82 Å². The van der Waals surface area contributed by atoms with Crippen molar-refractivity contribution in [2.24, 2.45) is 0 Å². The number of amides is 1. The maximum Gasteiger partial charge on any atom is 0.273 e. The number of carbonyl (C=O) groups excluding carboxylic acids is 1. The van der Waals surface area contributed by atoms with Gasteiger partial charge in [0, 0.05) is 38.1 Å². The molecule has 1 N–H and O–H groups in total. The van der Waals surface area contributed by atoms with Crippen molar-refractivity contribution in [2.75, 3.05) is 20.6 Å². The summed E-state index contributed by atoms with van der Waals surface area (Å²) >= 11 is 0. The number of pyridine rings is 1. The molecule has 0 bridgehead atoms. The standard InChI is InChI=1S/C15H21N5O/c1-5-16-11(2)12-7-6-9-17-14(12)20-10-8-13(18-20)15(21)19(3)4/h6-11,16H,5H2,1-4H3. The molecule has 21 heavy (non-hydrogen) atoms. The monoisotopic (exact) mass is 287 g/mol. The number of rotatable bonds is 5. The van der Waals surface area contributed by atoms with Crippen LogP contribution in [-0.4, -0.2) is 46.2 Å². The SMILES string of the molecule is CCNC(C)c1cccnc1-n1ccc(C(=O)N(C)C)n1. The highest BCUT2D eigenvalue weighted by Crippen LogP contribution is 2.19. The maximum atomic E-state index is 11.9. The van der Waals surface area contributed by atoms with Gasteiger partial charge in [0.25, 0.3) is 5.91 Å². The van der Waals surface area contributed by atoms with Crippen molar-refractivity contribution >= 4 is 5.91 Å². The minimum Gasteiger partial charge on any atom is -0.343 e. The van der Waals surface area contributed by atoms with Crippen molar-refractivity contribution in [1.82, 2.24) is 25.0 Å². The predicted octanol–water partition coefficient (Wildman–Crippen LogP) is 1.64. The molecule has 0 saturated heterocycles. The molecule has 0 aliphatic carbocycles. The number of nitrogens with one attached hydrogen (secondary N) is 1. The molecule has 1 amide bonds. The zero-order chi connectivity index (χ0) is 15.4. The molecule has 1 atom stereocenters. The van der Waals surface area contributed by atoms with Crippen molar-refractivity contribution in [3.63, 3.8) is 0 Å². The van der Waals surface area contributed by atoms with Gasteiger partial charge in [-0.15, -0.1) is 0 Å². The van der Waals surface area contributed by atoms with Crippen LogP contribution >= 0.6 is 0 Å². The van der Waals surface area contributed by atoms with E-state index in [0.29, 0.717) is 5.69 Å². The van der Waals surface area contributed by atoms with Gasteiger partial charge in [0.05, 0.1) is 0 Å². The number of hydrogen-bond donors (Lipinski definition) is 1. The Morgan fingerprint density at radius 1 is 1.43 bits per heavy atom. The van der Waals surface area contributed by atoms with E-state index in [0.717, 1.165) is 17.9 Å². The maximum absolute atomic E-state index is 11.9. The van der Waals surface area contributed by atoms with Gasteiger partial charge in [0.1, 0.15) is 0 Å². The quantitative estimate of drug-likeness (QED) is 0.908. The van der Waals surface area contributed by atoms with Crippen molar-refractivity contribution in [3.05, 3.63) is 41.9 Å². The molecule has 0 aliphatic rings. The molecular formula is C15H21N5O. The first-order valence-corrected chi connectivity index (χ1v) is 7.00. The van der Waals surface area contributed by atoms with Gasteiger partial charge in [-0.05, 0) is 25.6 Å². The van der Waals surface area contributed by atoms with E-state index in [-0.39, 0.29) is 11.9 Å². The summed E-state index contributed by atoms with van der Waals surface area (Å²) in [6, 6.07) is 5.79. The Labute approximate surface area is 124 Å². The third-order valence-electron chi connectivity index (χ3n) is 3.23. The first-order valence-electron chi connectivity index (χ1n) is 7.00. The minimum atomic E-state index is -0.119. The summed E-state index contributed by atoms with van der Waals surface area (Å²) < 4.78 is 1.65. The van der Waals surface area contributed by atoms with Crippen LogP contribution in [0.25, 0.3) is 5.82 Å². The number of nitrogens with zero attached hydrogens (tertiary/aromatic N) is 4. The smallest absolute Gasteiger partial charge is 0.273 e. The van der Waals surface area contributed by atoms with Crippen LogP contribution in [0.3, 0.4) is 0 Å². The van der Waals surface area contributed by atoms with Gasteiger partial charge >= 0.3 is 0 Å². The van der Waals surface area contributed by atoms with Crippen molar-refractivity contribution in [1.29, 1.82) is 0 Å². The molecule has 0 saturated carbocycles. The van der Waals surface area contributed by atoms with E-state index in [1.165, 1.54) is 4.90 Å². The first kappa shape index (κ1) is 15.2. The van der Waals surface area contributed by atoms with E-state index in [1.54, 1.807) is 37.2 Å². The molecule has 0 aliphatic heterocycles. The molecule has 1 unspecified atom stereocenters. The van der Waals surface area contributed by atoms with E-state index in [9.17, 15) is 4.79 Å². The highest BCUT2D eigenvalue weighted by molar-refractivity contribution is 5.91. The fourth-order valence-electron chi connectivity index (χ4n) is 2.14. The summed E-state index contributed by atoms with van der Waals surface area (Å²) in [7, 11) is 3.42. The Morgan fingerprint density at radius 3 is 2.86 bits per heavy atom. The van der Waals surface area contributed by atoms with Crippen molar-refractivity contribution in [2.45, 2.75) is 19.9 Å². The van der Waals surface area contributed by atoms with Gasteiger partial charge in [-0.1, -0.05) is 13.0 Å². The lowest BCUT2D eigenvalue weighted by Gasteiger charge is -2.16. The van der Waals surface area contributed by atoms with Gasteiger partial charge in [-0.25, -0.2) is 9.67 Å². The largest absolute Gasteiger partial charge is 0.343 e. The van der Waals surface area contributed by atoms with Crippen LogP contribution < -0.4 is 5.32 Å². The third kappa shape index (κ3) is 3.28. The summed E-state index contributed by atoms with van der Waals surface area (Å²) in [5, 5.41) is 7.70. The lowest BCUT2D eigenvalue weighted by molar-refractivity contribution is 0.0821. The molecule has 0 fully saturated rings. The summed E-state index contributed by atoms with van der Waals surface area (Å²) in [4.78, 5) is 17.8. The Balaban J connectivity index is 2.37. The lowest BCUT2D eigenvalue weighted by atomic mass is 10.1. The summed E-state index contributed by atoms with van der Waals surface area (Å²) in [6.07, 6.45) is 3.49. The summed E-state index contributed by atoms with van der Waals surface area (Å²) in [5.41, 5.74) is 1.46. The molecule has 0 spiro atoms. The fraction of sp³-hybridized carbons (Fsp3) is 0.400.